The first-order chi connectivity index (χ1) is 11.9. The molecule has 1 N–H and O–H groups in total. The molecule has 0 atom stereocenters. The number of alkyl halides is 3. The van der Waals surface area contributed by atoms with Crippen LogP contribution in [0.2, 0.25) is 0 Å². The highest BCUT2D eigenvalue weighted by Crippen LogP contribution is 2.28. The molecule has 0 saturated carbocycles. The van der Waals surface area contributed by atoms with E-state index in [1.54, 1.807) is 0 Å². The molecule has 0 spiro atoms. The van der Waals surface area contributed by atoms with E-state index in [0.717, 1.165) is 22.4 Å². The van der Waals surface area contributed by atoms with Crippen molar-refractivity contribution < 1.29 is 18.0 Å². The molecule has 0 radical (unpaired) electrons. The molecule has 0 aliphatic carbocycles. The summed E-state index contributed by atoms with van der Waals surface area (Å²) in [6, 6.07) is 11.4. The van der Waals surface area contributed by atoms with Crippen molar-refractivity contribution >= 4 is 5.91 Å². The number of carbonyl (C=O) groups excluding carboxylic acids is 1. The third-order valence-electron chi connectivity index (χ3n) is 3.33. The molecular weight excluding hydrogens is 335 g/mol. The zero-order valence-corrected chi connectivity index (χ0v) is 12.7. The number of hydrogen-bond acceptors (Lipinski definition) is 4. The summed E-state index contributed by atoms with van der Waals surface area (Å²) < 4.78 is 38.7. The van der Waals surface area contributed by atoms with Gasteiger partial charge in [0.25, 0.3) is 5.91 Å². The minimum absolute atomic E-state index is 0.0395. The fourth-order valence-corrected chi connectivity index (χ4v) is 2.04. The molecule has 0 fully saturated rings. The van der Waals surface area contributed by atoms with Crippen molar-refractivity contribution in [1.82, 2.24) is 25.3 Å². The van der Waals surface area contributed by atoms with Crippen LogP contribution in [0.25, 0.3) is 5.82 Å². The lowest BCUT2D eigenvalue weighted by Crippen LogP contribution is -2.23. The van der Waals surface area contributed by atoms with E-state index in [2.05, 4.69) is 20.6 Å². The lowest BCUT2D eigenvalue weighted by atomic mass is 10.2. The van der Waals surface area contributed by atoms with Crippen molar-refractivity contribution in [3.05, 3.63) is 71.7 Å². The van der Waals surface area contributed by atoms with Gasteiger partial charge < -0.3 is 5.32 Å². The Morgan fingerprint density at radius 3 is 2.52 bits per heavy atom. The van der Waals surface area contributed by atoms with Crippen molar-refractivity contribution in [3.8, 4) is 5.82 Å². The molecule has 9 heteroatoms. The Bertz CT molecular complexity index is 859. The van der Waals surface area contributed by atoms with Crippen molar-refractivity contribution in [2.75, 3.05) is 0 Å². The Morgan fingerprint density at radius 1 is 1.12 bits per heavy atom. The smallest absolute Gasteiger partial charge is 0.347 e. The van der Waals surface area contributed by atoms with Crippen molar-refractivity contribution in [3.63, 3.8) is 0 Å². The molecule has 1 aromatic carbocycles. The number of benzene rings is 1. The zero-order valence-electron chi connectivity index (χ0n) is 12.7. The minimum atomic E-state index is -4.46. The Kier molecular flexibility index (Phi) is 4.46. The summed E-state index contributed by atoms with van der Waals surface area (Å²) >= 11 is 0. The summed E-state index contributed by atoms with van der Waals surface area (Å²) in [5.74, 6) is -0.315. The highest BCUT2D eigenvalue weighted by molar-refractivity contribution is 5.91. The SMILES string of the molecule is O=C(NCc1ccccc1)c1cn(-c2ccc(C(F)(F)F)cn2)nn1. The maximum absolute atomic E-state index is 12.5. The van der Waals surface area contributed by atoms with Crippen molar-refractivity contribution in [1.29, 1.82) is 0 Å². The molecular formula is C16H12F3N5O. The van der Waals surface area contributed by atoms with Crippen LogP contribution >= 0.6 is 0 Å². The second-order valence-corrected chi connectivity index (χ2v) is 5.12. The predicted molar refractivity (Wildman–Crippen MR) is 81.8 cm³/mol. The number of rotatable bonds is 4. The molecule has 128 valence electrons. The second kappa shape index (κ2) is 6.71. The van der Waals surface area contributed by atoms with Crippen LogP contribution in [0.15, 0.2) is 54.9 Å². The number of carbonyl (C=O) groups is 1. The normalized spacial score (nSPS) is 11.3. The van der Waals surface area contributed by atoms with E-state index in [-0.39, 0.29) is 11.5 Å². The van der Waals surface area contributed by atoms with Crippen LogP contribution in [-0.4, -0.2) is 25.9 Å². The van der Waals surface area contributed by atoms with Crippen LogP contribution in [0.1, 0.15) is 21.6 Å². The summed E-state index contributed by atoms with van der Waals surface area (Å²) in [6.45, 7) is 0.324. The average molecular weight is 347 g/mol. The monoisotopic (exact) mass is 347 g/mol. The van der Waals surface area contributed by atoms with Gasteiger partial charge in [0, 0.05) is 12.7 Å². The molecule has 6 nitrogen and oxygen atoms in total. The quantitative estimate of drug-likeness (QED) is 0.787. The van der Waals surface area contributed by atoms with Gasteiger partial charge in [0.05, 0.1) is 11.8 Å². The summed E-state index contributed by atoms with van der Waals surface area (Å²) in [5.41, 5.74) is 0.0995. The van der Waals surface area contributed by atoms with Gasteiger partial charge in [-0.25, -0.2) is 9.67 Å². The third kappa shape index (κ3) is 4.00. The molecule has 0 saturated heterocycles. The van der Waals surface area contributed by atoms with E-state index >= 15 is 0 Å². The van der Waals surface area contributed by atoms with Crippen LogP contribution in [0, 0.1) is 0 Å². The Hall–Kier alpha value is -3.23. The zero-order chi connectivity index (χ0) is 17.9. The van der Waals surface area contributed by atoms with Crippen LogP contribution in [0.4, 0.5) is 13.2 Å². The predicted octanol–water partition coefficient (Wildman–Crippen LogP) is 2.61. The molecule has 0 bridgehead atoms. The first-order valence-corrected chi connectivity index (χ1v) is 7.21. The summed E-state index contributed by atoms with van der Waals surface area (Å²) in [7, 11) is 0. The number of amides is 1. The first kappa shape index (κ1) is 16.6. The Balaban J connectivity index is 1.68. The van der Waals surface area contributed by atoms with E-state index < -0.39 is 17.6 Å². The molecule has 3 rings (SSSR count). The largest absolute Gasteiger partial charge is 0.417 e. The maximum Gasteiger partial charge on any atom is 0.417 e. The fourth-order valence-electron chi connectivity index (χ4n) is 2.04. The van der Waals surface area contributed by atoms with E-state index in [1.165, 1.54) is 6.20 Å². The topological polar surface area (TPSA) is 72.7 Å². The van der Waals surface area contributed by atoms with Gasteiger partial charge in [-0.15, -0.1) is 5.10 Å². The standard InChI is InChI=1S/C16H12F3N5O/c17-16(18,19)12-6-7-14(20-9-12)24-10-13(22-23-24)15(25)21-8-11-4-2-1-3-5-11/h1-7,9-10H,8H2,(H,21,25). The summed E-state index contributed by atoms with van der Waals surface area (Å²) in [6.07, 6.45) is -2.46. The van der Waals surface area contributed by atoms with Gasteiger partial charge >= 0.3 is 6.18 Å². The van der Waals surface area contributed by atoms with Gasteiger partial charge in [-0.3, -0.25) is 4.79 Å². The van der Waals surface area contributed by atoms with Crippen LogP contribution in [0.5, 0.6) is 0 Å². The van der Waals surface area contributed by atoms with Crippen molar-refractivity contribution in [2.24, 2.45) is 0 Å². The third-order valence-corrected chi connectivity index (χ3v) is 3.33. The number of nitrogens with zero attached hydrogens (tertiary/aromatic N) is 4. The maximum atomic E-state index is 12.5. The molecule has 3 aromatic rings. The molecule has 0 aliphatic rings. The van der Waals surface area contributed by atoms with E-state index in [0.29, 0.717) is 12.7 Å². The number of hydrogen-bond donors (Lipinski definition) is 1. The second-order valence-electron chi connectivity index (χ2n) is 5.12. The van der Waals surface area contributed by atoms with Gasteiger partial charge in [-0.1, -0.05) is 35.5 Å². The molecule has 0 unspecified atom stereocenters. The van der Waals surface area contributed by atoms with Gasteiger partial charge in [0.1, 0.15) is 0 Å². The Morgan fingerprint density at radius 2 is 1.88 bits per heavy atom. The lowest BCUT2D eigenvalue weighted by molar-refractivity contribution is -0.137. The molecule has 0 aliphatic heterocycles. The van der Waals surface area contributed by atoms with Gasteiger partial charge in [0.15, 0.2) is 11.5 Å². The van der Waals surface area contributed by atoms with Crippen LogP contribution in [0.3, 0.4) is 0 Å². The van der Waals surface area contributed by atoms with E-state index in [9.17, 15) is 18.0 Å². The Labute approximate surface area is 140 Å². The minimum Gasteiger partial charge on any atom is -0.347 e. The van der Waals surface area contributed by atoms with Gasteiger partial charge in [-0.05, 0) is 17.7 Å². The average Bonchev–Trinajstić information content (AvgIpc) is 3.10. The molecule has 25 heavy (non-hydrogen) atoms. The fraction of sp³-hybridized carbons (Fsp3) is 0.125. The van der Waals surface area contributed by atoms with E-state index in [4.69, 9.17) is 0 Å². The molecule has 2 heterocycles. The van der Waals surface area contributed by atoms with Crippen LogP contribution < -0.4 is 5.32 Å². The first-order valence-electron chi connectivity index (χ1n) is 7.21. The lowest BCUT2D eigenvalue weighted by Gasteiger charge is -2.06. The van der Waals surface area contributed by atoms with Gasteiger partial charge in [-0.2, -0.15) is 13.2 Å². The number of nitrogens with one attached hydrogen (secondary N) is 1. The number of halogens is 3. The molecule has 1 amide bonds. The van der Waals surface area contributed by atoms with Gasteiger partial charge in [0.2, 0.25) is 0 Å². The highest BCUT2D eigenvalue weighted by Gasteiger charge is 2.30. The molecule has 2 aromatic heterocycles. The van der Waals surface area contributed by atoms with Crippen molar-refractivity contribution in [2.45, 2.75) is 12.7 Å². The summed E-state index contributed by atoms with van der Waals surface area (Å²) in [4.78, 5) is 15.7. The highest BCUT2D eigenvalue weighted by atomic mass is 19.4. The number of aromatic nitrogens is 4. The van der Waals surface area contributed by atoms with E-state index in [1.807, 2.05) is 30.3 Å². The summed E-state index contributed by atoms with van der Waals surface area (Å²) in [5, 5.41) is 10.1. The number of pyridine rings is 1. The van der Waals surface area contributed by atoms with Crippen LogP contribution in [-0.2, 0) is 12.7 Å².